The van der Waals surface area contributed by atoms with Crippen LogP contribution >= 0.6 is 0 Å². The molecule has 0 heterocycles. The van der Waals surface area contributed by atoms with Gasteiger partial charge < -0.3 is 5.32 Å². The minimum Gasteiger partial charge on any atom is -0.360 e. The second-order valence-corrected chi connectivity index (χ2v) is 7.33. The Labute approximate surface area is 157 Å². The first kappa shape index (κ1) is 18.3. The Hall–Kier alpha value is -3.52. The predicted octanol–water partition coefficient (Wildman–Crippen LogP) is 3.90. The molecule has 134 valence electrons. The molecule has 0 spiro atoms. The molecule has 2 aromatic carbocycles. The van der Waals surface area contributed by atoms with Crippen LogP contribution in [0.2, 0.25) is 0 Å². The van der Waals surface area contributed by atoms with Crippen LogP contribution in [0, 0.1) is 16.7 Å². The fourth-order valence-corrected chi connectivity index (χ4v) is 2.97. The molecule has 27 heavy (non-hydrogen) atoms. The molecule has 5 nitrogen and oxygen atoms in total. The van der Waals surface area contributed by atoms with Crippen LogP contribution in [0.5, 0.6) is 0 Å². The zero-order valence-corrected chi connectivity index (χ0v) is 15.3. The molecule has 0 amide bonds. The van der Waals surface area contributed by atoms with E-state index in [0.717, 1.165) is 0 Å². The maximum absolute atomic E-state index is 12.9. The highest BCUT2D eigenvalue weighted by atomic mass is 16.1. The lowest BCUT2D eigenvalue weighted by molar-refractivity contribution is -0.122. The zero-order chi connectivity index (χ0) is 19.8. The van der Waals surface area contributed by atoms with E-state index in [-0.39, 0.29) is 28.5 Å². The SMILES string of the molecule is CC(C)(C)C(=O)/C(C#N)=C\Nc1cccc2c1C(=O)c1ccccc1C2=O. The molecule has 0 saturated heterocycles. The minimum atomic E-state index is -0.704. The number of carbonyl (C=O) groups is 3. The van der Waals surface area contributed by atoms with Gasteiger partial charge in [-0.3, -0.25) is 14.4 Å². The number of nitrogens with zero attached hydrogens (tertiary/aromatic N) is 1. The molecule has 0 atom stereocenters. The number of anilines is 1. The first-order chi connectivity index (χ1) is 12.8. The van der Waals surface area contributed by atoms with Gasteiger partial charge in [0.1, 0.15) is 11.6 Å². The van der Waals surface area contributed by atoms with Crippen LogP contribution in [-0.4, -0.2) is 17.3 Å². The summed E-state index contributed by atoms with van der Waals surface area (Å²) in [5, 5.41) is 12.2. The summed E-state index contributed by atoms with van der Waals surface area (Å²) in [5.41, 5.74) is 0.910. The summed E-state index contributed by atoms with van der Waals surface area (Å²) in [6, 6.07) is 13.5. The smallest absolute Gasteiger partial charge is 0.196 e. The average Bonchev–Trinajstić information content (AvgIpc) is 2.65. The van der Waals surface area contributed by atoms with Gasteiger partial charge in [-0.15, -0.1) is 0 Å². The van der Waals surface area contributed by atoms with Crippen LogP contribution in [0.3, 0.4) is 0 Å². The van der Waals surface area contributed by atoms with Crippen molar-refractivity contribution in [1.82, 2.24) is 0 Å². The van der Waals surface area contributed by atoms with Gasteiger partial charge in [-0.2, -0.15) is 5.26 Å². The standard InChI is InChI=1S/C22H18N2O3/c1-22(2,3)21(27)13(11-23)12-24-17-10-6-9-16-18(17)20(26)15-8-5-4-7-14(15)19(16)25/h4-10,12,24H,1-3H3/b13-12-. The summed E-state index contributed by atoms with van der Waals surface area (Å²) in [5.74, 6) is -0.800. The number of nitrogens with one attached hydrogen (secondary N) is 1. The van der Waals surface area contributed by atoms with Gasteiger partial charge in [0.2, 0.25) is 0 Å². The Morgan fingerprint density at radius 1 is 0.963 bits per heavy atom. The molecule has 1 aliphatic rings. The number of nitriles is 1. The van der Waals surface area contributed by atoms with E-state index in [4.69, 9.17) is 0 Å². The molecule has 0 saturated carbocycles. The second-order valence-electron chi connectivity index (χ2n) is 7.33. The molecule has 2 aromatic rings. The Balaban J connectivity index is 2.05. The van der Waals surface area contributed by atoms with Crippen molar-refractivity contribution in [3.8, 4) is 6.07 Å². The molecule has 0 bridgehead atoms. The molecular formula is C22H18N2O3. The molecule has 0 unspecified atom stereocenters. The lowest BCUT2D eigenvalue weighted by Crippen LogP contribution is -2.23. The molecule has 0 fully saturated rings. The van der Waals surface area contributed by atoms with Gasteiger partial charge in [-0.1, -0.05) is 57.2 Å². The lowest BCUT2D eigenvalue weighted by Gasteiger charge is -2.20. The summed E-state index contributed by atoms with van der Waals surface area (Å²) in [7, 11) is 0. The predicted molar refractivity (Wildman–Crippen MR) is 102 cm³/mol. The molecule has 1 N–H and O–H groups in total. The first-order valence-electron chi connectivity index (χ1n) is 8.48. The van der Waals surface area contributed by atoms with Gasteiger partial charge in [0.25, 0.3) is 0 Å². The Morgan fingerprint density at radius 3 is 2.15 bits per heavy atom. The third kappa shape index (κ3) is 3.18. The van der Waals surface area contributed by atoms with E-state index in [9.17, 15) is 19.6 Å². The molecule has 0 aromatic heterocycles. The van der Waals surface area contributed by atoms with Gasteiger partial charge in [0.15, 0.2) is 17.3 Å². The van der Waals surface area contributed by atoms with E-state index in [2.05, 4.69) is 5.32 Å². The second kappa shape index (κ2) is 6.65. The average molecular weight is 358 g/mol. The zero-order valence-electron chi connectivity index (χ0n) is 15.3. The van der Waals surface area contributed by atoms with Crippen molar-refractivity contribution in [3.63, 3.8) is 0 Å². The third-order valence-corrected chi connectivity index (χ3v) is 4.37. The largest absolute Gasteiger partial charge is 0.360 e. The Kier molecular flexibility index (Phi) is 4.50. The molecule has 1 aliphatic carbocycles. The third-order valence-electron chi connectivity index (χ3n) is 4.37. The van der Waals surface area contributed by atoms with Gasteiger partial charge in [-0.25, -0.2) is 0 Å². The van der Waals surface area contributed by atoms with Crippen molar-refractivity contribution >= 4 is 23.0 Å². The Bertz CT molecular complexity index is 1050. The highest BCUT2D eigenvalue weighted by molar-refractivity contribution is 6.30. The van der Waals surface area contributed by atoms with Gasteiger partial charge in [-0.05, 0) is 6.07 Å². The summed E-state index contributed by atoms with van der Waals surface area (Å²) < 4.78 is 0. The first-order valence-corrected chi connectivity index (χ1v) is 8.48. The summed E-state index contributed by atoms with van der Waals surface area (Å²) in [4.78, 5) is 38.0. The number of Topliss-reactive ketones (excluding diaryl/α,β-unsaturated/α-hetero) is 1. The number of ketones is 3. The highest BCUT2D eigenvalue weighted by Crippen LogP contribution is 2.32. The van der Waals surface area contributed by atoms with E-state index < -0.39 is 5.41 Å². The van der Waals surface area contributed by atoms with Crippen LogP contribution in [0.1, 0.15) is 52.6 Å². The van der Waals surface area contributed by atoms with Crippen LogP contribution in [-0.2, 0) is 4.79 Å². The molecular weight excluding hydrogens is 340 g/mol. The number of benzene rings is 2. The van der Waals surface area contributed by atoms with Crippen LogP contribution in [0.25, 0.3) is 0 Å². The number of allylic oxidation sites excluding steroid dienone is 1. The fraction of sp³-hybridized carbons (Fsp3) is 0.182. The lowest BCUT2D eigenvalue weighted by atomic mass is 9.83. The van der Waals surface area contributed by atoms with Gasteiger partial charge >= 0.3 is 0 Å². The van der Waals surface area contributed by atoms with Crippen molar-refractivity contribution < 1.29 is 14.4 Å². The fourth-order valence-electron chi connectivity index (χ4n) is 2.97. The van der Waals surface area contributed by atoms with Crippen LogP contribution in [0.15, 0.2) is 54.2 Å². The topological polar surface area (TPSA) is 87.0 Å². The monoisotopic (exact) mass is 358 g/mol. The normalized spacial score (nSPS) is 13.5. The highest BCUT2D eigenvalue weighted by Gasteiger charge is 2.31. The van der Waals surface area contributed by atoms with Crippen molar-refractivity contribution in [1.29, 1.82) is 5.26 Å². The molecule has 0 radical (unpaired) electrons. The van der Waals surface area contributed by atoms with Crippen molar-refractivity contribution in [2.75, 3.05) is 5.32 Å². The number of carbonyl (C=O) groups excluding carboxylic acids is 3. The van der Waals surface area contributed by atoms with Crippen molar-refractivity contribution in [3.05, 3.63) is 76.5 Å². The van der Waals surface area contributed by atoms with E-state index >= 15 is 0 Å². The molecule has 5 heteroatoms. The number of hydrogen-bond acceptors (Lipinski definition) is 5. The summed E-state index contributed by atoms with van der Waals surface area (Å²) in [6.45, 7) is 5.18. The quantitative estimate of drug-likeness (QED) is 0.567. The van der Waals surface area contributed by atoms with E-state index in [1.54, 1.807) is 63.2 Å². The molecule has 0 aliphatic heterocycles. The minimum absolute atomic E-state index is 0.0462. The summed E-state index contributed by atoms with van der Waals surface area (Å²) in [6.07, 6.45) is 1.29. The van der Waals surface area contributed by atoms with E-state index in [1.807, 2.05) is 6.07 Å². The number of fused-ring (bicyclic) bond motifs is 2. The maximum atomic E-state index is 12.9. The van der Waals surface area contributed by atoms with Gasteiger partial charge in [0.05, 0.1) is 11.3 Å². The molecule has 3 rings (SSSR count). The summed E-state index contributed by atoms with van der Waals surface area (Å²) >= 11 is 0. The maximum Gasteiger partial charge on any atom is 0.196 e. The van der Waals surface area contributed by atoms with E-state index in [0.29, 0.717) is 22.4 Å². The Morgan fingerprint density at radius 2 is 1.56 bits per heavy atom. The van der Waals surface area contributed by atoms with E-state index in [1.165, 1.54) is 6.20 Å². The van der Waals surface area contributed by atoms with Gasteiger partial charge in [0, 0.05) is 28.3 Å². The number of rotatable bonds is 3. The van der Waals surface area contributed by atoms with Crippen LogP contribution in [0.4, 0.5) is 5.69 Å². The van der Waals surface area contributed by atoms with Crippen LogP contribution < -0.4 is 5.32 Å². The van der Waals surface area contributed by atoms with Crippen molar-refractivity contribution in [2.24, 2.45) is 5.41 Å². The van der Waals surface area contributed by atoms with Crippen molar-refractivity contribution in [2.45, 2.75) is 20.8 Å². The number of hydrogen-bond donors (Lipinski definition) is 1.